The van der Waals surface area contributed by atoms with E-state index in [1.807, 2.05) is 36.4 Å². The largest absolute Gasteiger partial charge is 0.718 e. The van der Waals surface area contributed by atoms with Gasteiger partial charge in [0.2, 0.25) is 0 Å². The molecule has 0 spiro atoms. The number of rotatable bonds is 3. The van der Waals surface area contributed by atoms with Gasteiger partial charge in [0, 0.05) is 17.1 Å². The molecule has 0 amide bonds. The molecule has 0 aliphatic carbocycles. The minimum absolute atomic E-state index is 0. The Labute approximate surface area is 124 Å². The summed E-state index contributed by atoms with van der Waals surface area (Å²) in [6, 6.07) is 14.6. The molecule has 0 N–H and O–H groups in total. The van der Waals surface area contributed by atoms with E-state index in [2.05, 4.69) is 6.58 Å². The van der Waals surface area contributed by atoms with E-state index >= 15 is 0 Å². The first-order chi connectivity index (χ1) is 8.52. The third-order valence-corrected chi connectivity index (χ3v) is 2.38. The maximum absolute atomic E-state index is 11.1. The Balaban J connectivity index is 0.000000331. The van der Waals surface area contributed by atoms with Gasteiger partial charge in [-0.1, -0.05) is 18.1 Å². The molecule has 0 saturated heterocycles. The summed E-state index contributed by atoms with van der Waals surface area (Å²) >= 11 is 0. The van der Waals surface area contributed by atoms with Crippen molar-refractivity contribution in [3.63, 3.8) is 0 Å². The fourth-order valence-corrected chi connectivity index (χ4v) is 1.38. The molecule has 2 aromatic rings. The number of carbonyl (C=O) groups is 2. The van der Waals surface area contributed by atoms with Crippen molar-refractivity contribution in [2.75, 3.05) is 0 Å². The van der Waals surface area contributed by atoms with Gasteiger partial charge in [-0.2, -0.15) is 12.1 Å². The average molecular weight is 296 g/mol. The monoisotopic (exact) mass is 296 g/mol. The van der Waals surface area contributed by atoms with Crippen LogP contribution in [0.3, 0.4) is 0 Å². The maximum atomic E-state index is 11.1. The SMILES string of the molecule is C=C(C)C(=O)[c-]1cccc1.CC(=O)[c-]1[cH-][cH-][cH-][cH-]1.[Fe]. The minimum atomic E-state index is 0. The van der Waals surface area contributed by atoms with Crippen molar-refractivity contribution in [1.82, 2.24) is 0 Å². The fourth-order valence-electron chi connectivity index (χ4n) is 1.38. The molecule has 0 fully saturated rings. The number of Topliss-reactive ketones (excluding diaryl/α,β-unsaturated/α-hetero) is 2. The first kappa shape index (κ1) is 17.3. The van der Waals surface area contributed by atoms with Gasteiger partial charge in [0.25, 0.3) is 0 Å². The zero-order valence-electron chi connectivity index (χ0n) is 11.0. The Kier molecular flexibility index (Phi) is 7.66. The van der Waals surface area contributed by atoms with Gasteiger partial charge in [0.05, 0.1) is 0 Å². The van der Waals surface area contributed by atoms with Crippen molar-refractivity contribution in [2.24, 2.45) is 0 Å². The number of hydrogen-bond donors (Lipinski definition) is 0. The average Bonchev–Trinajstić information content (AvgIpc) is 3.02. The molecule has 2 rings (SSSR count). The molecule has 0 bridgehead atoms. The quantitative estimate of drug-likeness (QED) is 0.374. The van der Waals surface area contributed by atoms with Gasteiger partial charge >= 0.3 is 0 Å². The third-order valence-electron chi connectivity index (χ3n) is 2.38. The summed E-state index contributed by atoms with van der Waals surface area (Å²) in [4.78, 5) is 21.6. The Morgan fingerprint density at radius 1 is 1.05 bits per heavy atom. The van der Waals surface area contributed by atoms with E-state index < -0.39 is 0 Å². The van der Waals surface area contributed by atoms with Crippen LogP contribution in [-0.2, 0) is 17.1 Å². The van der Waals surface area contributed by atoms with E-state index in [1.54, 1.807) is 26.0 Å². The van der Waals surface area contributed by atoms with Crippen LogP contribution in [0.2, 0.25) is 0 Å². The first-order valence-electron chi connectivity index (χ1n) is 5.67. The summed E-state index contributed by atoms with van der Waals surface area (Å²) < 4.78 is 0. The predicted molar refractivity (Wildman–Crippen MR) is 73.2 cm³/mol. The number of ketones is 2. The zero-order chi connectivity index (χ0) is 13.5. The number of carbonyl (C=O) groups excluding carboxylic acids is 2. The fraction of sp³-hybridized carbons (Fsp3) is 0.125. The van der Waals surface area contributed by atoms with Crippen LogP contribution in [0.5, 0.6) is 0 Å². The van der Waals surface area contributed by atoms with Crippen molar-refractivity contribution in [2.45, 2.75) is 13.8 Å². The maximum Gasteiger partial charge on any atom is 0.107 e. The van der Waals surface area contributed by atoms with Crippen LogP contribution in [0.25, 0.3) is 0 Å². The second kappa shape index (κ2) is 8.41. The Bertz CT molecular complexity index is 519. The molecule has 0 saturated carbocycles. The Hall–Kier alpha value is -1.70. The van der Waals surface area contributed by atoms with Gasteiger partial charge in [0.1, 0.15) is 5.78 Å². The molecule has 3 heteroatoms. The topological polar surface area (TPSA) is 34.1 Å². The summed E-state index contributed by atoms with van der Waals surface area (Å²) in [6.07, 6.45) is 0. The molecule has 0 radical (unpaired) electrons. The second-order valence-electron chi connectivity index (χ2n) is 4.01. The van der Waals surface area contributed by atoms with Gasteiger partial charge in [-0.15, -0.1) is 25.6 Å². The predicted octanol–water partition coefficient (Wildman–Crippen LogP) is 3.77. The number of hydrogen-bond acceptors (Lipinski definition) is 2. The van der Waals surface area contributed by atoms with Crippen LogP contribution in [0.1, 0.15) is 34.6 Å². The molecule has 0 aliphatic heterocycles. The minimum Gasteiger partial charge on any atom is -0.718 e. The van der Waals surface area contributed by atoms with Crippen molar-refractivity contribution < 1.29 is 26.7 Å². The van der Waals surface area contributed by atoms with Gasteiger partial charge in [-0.25, -0.2) is 0 Å². The van der Waals surface area contributed by atoms with E-state index in [0.717, 1.165) is 11.1 Å². The molecule has 0 aliphatic rings. The van der Waals surface area contributed by atoms with Crippen molar-refractivity contribution in [3.05, 3.63) is 71.8 Å². The Morgan fingerprint density at radius 2 is 1.53 bits per heavy atom. The third kappa shape index (κ3) is 5.64. The standard InChI is InChI=1S/C9H9O.C7H7O.Fe/c1-7(2)9(10)8-5-3-4-6-8;1-6(8)7-4-2-3-5-7;/h3-6H,1H2,2H3;2-5H,1H3;/q-1;-5;. The first-order valence-corrected chi connectivity index (χ1v) is 5.67. The molecule has 0 atom stereocenters. The number of allylic oxidation sites excluding steroid dienone is 1. The van der Waals surface area contributed by atoms with E-state index in [-0.39, 0.29) is 28.6 Å². The molecule has 2 nitrogen and oxygen atoms in total. The van der Waals surface area contributed by atoms with E-state index in [9.17, 15) is 9.59 Å². The molecule has 0 heterocycles. The second-order valence-corrected chi connectivity index (χ2v) is 4.01. The van der Waals surface area contributed by atoms with Crippen LogP contribution in [0.4, 0.5) is 0 Å². The molecule has 19 heavy (non-hydrogen) atoms. The van der Waals surface area contributed by atoms with E-state index in [1.165, 1.54) is 0 Å². The summed E-state index contributed by atoms with van der Waals surface area (Å²) in [5, 5.41) is 0. The van der Waals surface area contributed by atoms with Crippen LogP contribution in [-0.4, -0.2) is 11.6 Å². The van der Waals surface area contributed by atoms with Gasteiger partial charge in [-0.3, -0.25) is 5.78 Å². The smallest absolute Gasteiger partial charge is 0.107 e. The van der Waals surface area contributed by atoms with E-state index in [0.29, 0.717) is 5.57 Å². The van der Waals surface area contributed by atoms with Crippen LogP contribution in [0, 0.1) is 0 Å². The van der Waals surface area contributed by atoms with Crippen LogP contribution < -0.4 is 0 Å². The summed E-state index contributed by atoms with van der Waals surface area (Å²) in [5.41, 5.74) is 2.11. The zero-order valence-corrected chi connectivity index (χ0v) is 12.1. The molecule has 106 valence electrons. The van der Waals surface area contributed by atoms with Gasteiger partial charge in [-0.05, 0) is 0 Å². The Morgan fingerprint density at radius 3 is 1.84 bits per heavy atom. The van der Waals surface area contributed by atoms with Gasteiger partial charge < -0.3 is 39.4 Å². The molecule has 2 aromatic carbocycles. The summed E-state index contributed by atoms with van der Waals surface area (Å²) in [6.45, 7) is 6.84. The van der Waals surface area contributed by atoms with Crippen molar-refractivity contribution in [1.29, 1.82) is 0 Å². The van der Waals surface area contributed by atoms with Crippen molar-refractivity contribution in [3.8, 4) is 0 Å². The molecular formula is C16H16FeO2-6. The normalized spacial score (nSPS) is 8.74. The van der Waals surface area contributed by atoms with Crippen LogP contribution in [0.15, 0.2) is 60.7 Å². The molecule has 0 unspecified atom stereocenters. The summed E-state index contributed by atoms with van der Waals surface area (Å²) in [5.74, 6) is 0.167. The molecule has 0 aromatic heterocycles. The van der Waals surface area contributed by atoms with Gasteiger partial charge in [0.15, 0.2) is 0 Å². The summed E-state index contributed by atoms with van der Waals surface area (Å²) in [7, 11) is 0. The van der Waals surface area contributed by atoms with Crippen LogP contribution >= 0.6 is 0 Å². The molecular weight excluding hydrogens is 280 g/mol. The van der Waals surface area contributed by atoms with Crippen molar-refractivity contribution >= 4 is 11.6 Å². The van der Waals surface area contributed by atoms with E-state index in [4.69, 9.17) is 0 Å².